The van der Waals surface area contributed by atoms with Crippen LogP contribution in [0.15, 0.2) is 150 Å². The lowest BCUT2D eigenvalue weighted by Crippen LogP contribution is -2.25. The number of fused-ring (bicyclic) bond motifs is 2. The van der Waals surface area contributed by atoms with Gasteiger partial charge in [0, 0.05) is 82.5 Å². The Morgan fingerprint density at radius 1 is 0.483 bits per heavy atom. The number of anilines is 8. The van der Waals surface area contributed by atoms with Gasteiger partial charge in [-0.3, -0.25) is 71.6 Å². The van der Waals surface area contributed by atoms with Gasteiger partial charge >= 0.3 is 5.69 Å². The number of sulfonamides is 5. The highest BCUT2D eigenvalue weighted by atomic mass is 79.9. The van der Waals surface area contributed by atoms with Crippen molar-refractivity contribution in [3.63, 3.8) is 0 Å². The van der Waals surface area contributed by atoms with E-state index in [4.69, 9.17) is 40.5 Å². The highest BCUT2D eigenvalue weighted by Crippen LogP contribution is 2.39. The largest absolute Gasteiger partial charge is 0.397 e. The molecule has 0 atom stereocenters. The first-order chi connectivity index (χ1) is 53.4. The van der Waals surface area contributed by atoms with E-state index in [1.54, 1.807) is 60.3 Å². The van der Waals surface area contributed by atoms with Gasteiger partial charge in [-0.15, -0.1) is 0 Å². The molecule has 0 saturated carbocycles. The van der Waals surface area contributed by atoms with E-state index in [9.17, 15) is 96.5 Å². The van der Waals surface area contributed by atoms with Crippen molar-refractivity contribution < 1.29 is 75.8 Å². The minimum atomic E-state index is -3.54. The molecule has 624 valence electrons. The fourth-order valence-electron chi connectivity index (χ4n) is 9.70. The lowest BCUT2D eigenvalue weighted by atomic mass is 10.1. The van der Waals surface area contributed by atoms with Gasteiger partial charge in [-0.05, 0) is 114 Å². The zero-order valence-electron chi connectivity index (χ0n) is 63.9. The van der Waals surface area contributed by atoms with Crippen LogP contribution in [0.3, 0.4) is 0 Å². The number of rotatable bonds is 20. The number of aryl methyl sites for hydroxylation is 1. The number of hydrogen-bond acceptors (Lipinski definition) is 24. The van der Waals surface area contributed by atoms with E-state index >= 15 is 0 Å². The normalized spacial score (nSPS) is 12.0. The second-order valence-corrected chi connectivity index (χ2v) is 37.6. The Hall–Kier alpha value is -10.5. The summed E-state index contributed by atoms with van der Waals surface area (Å²) >= 11 is 23.8. The third kappa shape index (κ3) is 26.8. The molecule has 2 amide bonds. The second kappa shape index (κ2) is 40.9. The molecule has 4 heterocycles. The number of hydrogen-bond donors (Lipinski definition) is 2. The van der Waals surface area contributed by atoms with Crippen LogP contribution in [0.2, 0.25) is 15.3 Å². The van der Waals surface area contributed by atoms with Crippen molar-refractivity contribution in [1.82, 2.24) is 19.8 Å². The first-order valence-corrected chi connectivity index (χ1v) is 44.4. The molecule has 0 fully saturated rings. The number of pyridine rings is 2. The van der Waals surface area contributed by atoms with Crippen molar-refractivity contribution in [3.05, 3.63) is 256 Å². The molecule has 0 saturated heterocycles. The maximum atomic E-state index is 12.6. The average Bonchev–Trinajstić information content (AvgIpc) is 1.65. The standard InChI is InChI=1S/C18H21ClN4O3S.2C10H12N2O4S.C10H14N2O2S.C8H9BrN2O4S.C8H6Cl2N2O.C6H3BrFNO2/c1-5-11-6-7-12(15(8-11)23(3)27(4,25)26)20-13-9-16(19)21-14-10-22(2)18(24)17(13)14;2*1-4-8-5-6-9(12(13)14)10(7-8)11(2)17(3,15)16;1-4-8-5-6-9(11)10(7-8)12(2)15(3,13)14;1-10(16(2,14)15)8-5-6(9)3-4-7(8)11(12)13;1-12-3-5-7(8(12)13)4(9)2-6(10)11-5;7-4-1-2-6(9(10)11)5(8)3-4/h6-9H,5,10H2,1-4H3,(H,20,21);2*4-7H,1H2,2-3H3;4-7H,1,11H2,2-3H3;3-5H,1-2H3;2H,3H2,1H3;1-3H. The molecule has 8 aromatic rings. The van der Waals surface area contributed by atoms with Crippen LogP contribution in [0, 0.1) is 46.3 Å². The maximum absolute atomic E-state index is 12.6. The Balaban J connectivity index is 0.000000290. The number of nitrogens with two attached hydrogens (primary N) is 1. The minimum absolute atomic E-state index is 0.0231. The molecule has 0 spiro atoms. The molecule has 2 aromatic heterocycles. The van der Waals surface area contributed by atoms with Gasteiger partial charge in [0.2, 0.25) is 55.9 Å². The topological polar surface area (TPSA) is 464 Å². The zero-order chi connectivity index (χ0) is 88.5. The van der Waals surface area contributed by atoms with Crippen molar-refractivity contribution in [3.8, 4) is 0 Å². The third-order valence-corrected chi connectivity index (χ3v) is 23.9. The molecule has 116 heavy (non-hydrogen) atoms. The summed E-state index contributed by atoms with van der Waals surface area (Å²) in [6, 6.07) is 29.8. The number of nitrogens with zero attached hydrogens (tertiary/aromatic N) is 13. The van der Waals surface area contributed by atoms with Gasteiger partial charge in [-0.1, -0.05) is 124 Å². The molecule has 0 unspecified atom stereocenters. The summed E-state index contributed by atoms with van der Waals surface area (Å²) in [6.45, 7) is 13.5. The Bertz CT molecular complexity index is 5690. The smallest absolute Gasteiger partial charge is 0.304 e. The minimum Gasteiger partial charge on any atom is -0.397 e. The van der Waals surface area contributed by atoms with Crippen molar-refractivity contribution in [2.45, 2.75) is 26.4 Å². The summed E-state index contributed by atoms with van der Waals surface area (Å²) < 4.78 is 134. The monoisotopic (exact) mass is 1890 g/mol. The molecule has 2 aliphatic rings. The van der Waals surface area contributed by atoms with Crippen molar-refractivity contribution in [1.29, 1.82) is 0 Å². The van der Waals surface area contributed by atoms with Gasteiger partial charge in [-0.2, -0.15) is 4.39 Å². The number of nitrogens with one attached hydrogen (secondary N) is 1. The number of halogens is 6. The van der Waals surface area contributed by atoms with E-state index in [-0.39, 0.29) is 51.1 Å². The molecular weight excluding hydrogens is 1820 g/mol. The summed E-state index contributed by atoms with van der Waals surface area (Å²) in [7, 11) is -7.18. The first kappa shape index (κ1) is 97.9. The molecule has 0 aliphatic carbocycles. The molecule has 3 N–H and O–H groups in total. The third-order valence-electron chi connectivity index (χ3n) is 16.3. The van der Waals surface area contributed by atoms with E-state index < -0.39 is 81.3 Å². The van der Waals surface area contributed by atoms with Gasteiger partial charge in [0.05, 0.1) is 120 Å². The average molecular weight is 1890 g/mol. The van der Waals surface area contributed by atoms with E-state index in [0.29, 0.717) is 94.3 Å². The molecule has 10 rings (SSSR count). The summed E-state index contributed by atoms with van der Waals surface area (Å²) in [5.74, 6) is -1.08. The van der Waals surface area contributed by atoms with Crippen LogP contribution in [0.1, 0.15) is 61.3 Å². The molecular formula is C70H77Br2Cl3FN15O20S5. The maximum Gasteiger partial charge on any atom is 0.304 e. The van der Waals surface area contributed by atoms with Crippen LogP contribution >= 0.6 is 66.7 Å². The van der Waals surface area contributed by atoms with E-state index in [1.807, 2.05) is 19.1 Å². The van der Waals surface area contributed by atoms with Crippen LogP contribution < -0.4 is 32.6 Å². The molecule has 2 aliphatic heterocycles. The van der Waals surface area contributed by atoms with Gasteiger partial charge in [0.1, 0.15) is 27.4 Å². The van der Waals surface area contributed by atoms with Crippen molar-refractivity contribution in [2.75, 3.05) is 113 Å². The lowest BCUT2D eigenvalue weighted by molar-refractivity contribution is -0.387. The number of nitro benzene ring substituents is 4. The number of aromatic nitrogens is 2. The van der Waals surface area contributed by atoms with E-state index in [0.717, 1.165) is 78.2 Å². The Morgan fingerprint density at radius 3 is 1.21 bits per heavy atom. The number of amides is 2. The van der Waals surface area contributed by atoms with Crippen LogP contribution in [-0.4, -0.2) is 174 Å². The van der Waals surface area contributed by atoms with Gasteiger partial charge in [0.25, 0.3) is 28.9 Å². The Labute approximate surface area is 701 Å². The number of nitro groups is 4. The predicted octanol–water partition coefficient (Wildman–Crippen LogP) is 13.8. The van der Waals surface area contributed by atoms with Crippen molar-refractivity contribution in [2.24, 2.45) is 0 Å². The lowest BCUT2D eigenvalue weighted by Gasteiger charge is -2.22. The number of carbonyl (C=O) groups excluding carboxylic acids is 2. The van der Waals surface area contributed by atoms with Crippen LogP contribution in [0.5, 0.6) is 0 Å². The summed E-state index contributed by atoms with van der Waals surface area (Å²) in [6.07, 6.45) is 10.6. The van der Waals surface area contributed by atoms with Gasteiger partial charge in [-0.25, -0.2) is 52.1 Å². The molecule has 46 heteroatoms. The van der Waals surface area contributed by atoms with Gasteiger partial charge < -0.3 is 20.9 Å². The Morgan fingerprint density at radius 2 is 0.819 bits per heavy atom. The summed E-state index contributed by atoms with van der Waals surface area (Å²) in [4.78, 5) is 75.2. The molecule has 35 nitrogen and oxygen atoms in total. The van der Waals surface area contributed by atoms with E-state index in [2.05, 4.69) is 66.9 Å². The van der Waals surface area contributed by atoms with Gasteiger partial charge in [0.15, 0.2) is 0 Å². The fraction of sp³-hybridized carbons (Fsp3) is 0.229. The SMILES string of the molecule is C=Cc1ccc(N)c(N(C)S(C)(=O)=O)c1.C=Cc1ccc([N+](=O)[O-])c(N(C)S(C)(=O)=O)c1.C=Cc1ccc([N+](=O)[O-])c(N(C)S(C)(=O)=O)c1.CCc1ccc(Nc2cc(Cl)nc3c2C(=O)N(C)C3)c(N(C)S(C)(=O)=O)c1.CN(c1cc(Br)ccc1[N+](=O)[O-])S(C)(=O)=O.CN1Cc2nc(Cl)cc(Cl)c2C1=O.O=[N+]([O-])c1ccc(Br)cc1F. The van der Waals surface area contributed by atoms with Crippen LogP contribution in [0.25, 0.3) is 18.2 Å². The fourth-order valence-corrected chi connectivity index (χ4v) is 13.7. The highest BCUT2D eigenvalue weighted by molar-refractivity contribution is 9.10. The summed E-state index contributed by atoms with van der Waals surface area (Å²) in [5.41, 5.74) is 12.2. The molecule has 0 bridgehead atoms. The van der Waals surface area contributed by atoms with E-state index in [1.165, 1.54) is 118 Å². The molecule has 6 aromatic carbocycles. The number of carbonyl (C=O) groups is 2. The molecule has 0 radical (unpaired) electrons. The summed E-state index contributed by atoms with van der Waals surface area (Å²) in [5, 5.41) is 46.6. The quantitative estimate of drug-likeness (QED) is 0.0310. The first-order valence-electron chi connectivity index (χ1n) is 32.5. The van der Waals surface area contributed by atoms with Crippen molar-refractivity contribution >= 4 is 215 Å². The predicted molar refractivity (Wildman–Crippen MR) is 459 cm³/mol. The Kier molecular flexibility index (Phi) is 34.5. The number of benzene rings is 6. The van der Waals surface area contributed by atoms with Crippen LogP contribution in [0.4, 0.5) is 72.6 Å². The number of nitrogen functional groups attached to an aromatic ring is 1. The van der Waals surface area contributed by atoms with Crippen LogP contribution in [-0.2, 0) is 69.6 Å². The second-order valence-electron chi connectivity index (χ2n) is 24.6. The zero-order valence-corrected chi connectivity index (χ0v) is 73.4. The highest BCUT2D eigenvalue weighted by Gasteiger charge is 2.33.